The van der Waals surface area contributed by atoms with Crippen LogP contribution in [0.5, 0.6) is 0 Å². The number of rotatable bonds is 6. The van der Waals surface area contributed by atoms with Gasteiger partial charge in [-0.25, -0.2) is 4.79 Å². The van der Waals surface area contributed by atoms with Crippen molar-refractivity contribution in [3.8, 4) is 0 Å². The SMILES string of the molecule is CC(=O)OCC1=C(C(=O)O)N2C(=O)C(NC(=O)C(=C(Cl)Cl)c3cccn3C)[C@H]2SC1. The number of carboxylic acid groups (broad SMARTS) is 1. The number of β-lactam (4-membered cyclic amide) rings is 1. The van der Waals surface area contributed by atoms with E-state index >= 15 is 0 Å². The van der Waals surface area contributed by atoms with Gasteiger partial charge < -0.3 is 19.7 Å². The smallest absolute Gasteiger partial charge is 0.352 e. The van der Waals surface area contributed by atoms with E-state index < -0.39 is 35.2 Å². The van der Waals surface area contributed by atoms with Gasteiger partial charge in [0.1, 0.15) is 28.2 Å². The second-order valence-electron chi connectivity index (χ2n) is 6.54. The molecule has 1 saturated heterocycles. The number of aromatic nitrogens is 1. The van der Waals surface area contributed by atoms with Gasteiger partial charge >= 0.3 is 11.9 Å². The van der Waals surface area contributed by atoms with E-state index in [4.69, 9.17) is 27.9 Å². The number of carboxylic acids is 1. The minimum absolute atomic E-state index is 0.00226. The number of amides is 2. The van der Waals surface area contributed by atoms with E-state index in [0.29, 0.717) is 11.3 Å². The van der Waals surface area contributed by atoms with Crippen LogP contribution in [0.4, 0.5) is 0 Å². The molecule has 9 nitrogen and oxygen atoms in total. The average molecular weight is 474 g/mol. The van der Waals surface area contributed by atoms with Gasteiger partial charge in [0, 0.05) is 31.5 Å². The highest BCUT2D eigenvalue weighted by molar-refractivity contribution is 8.00. The van der Waals surface area contributed by atoms with Crippen LogP contribution in [-0.2, 0) is 31.0 Å². The number of nitrogens with one attached hydrogen (secondary N) is 1. The van der Waals surface area contributed by atoms with Crippen LogP contribution in [0.1, 0.15) is 12.6 Å². The van der Waals surface area contributed by atoms with Gasteiger partial charge in [-0.05, 0) is 12.1 Å². The molecule has 0 spiro atoms. The molecule has 2 aliphatic heterocycles. The van der Waals surface area contributed by atoms with Crippen molar-refractivity contribution < 1.29 is 29.0 Å². The first-order valence-electron chi connectivity index (χ1n) is 8.64. The van der Waals surface area contributed by atoms with Crippen LogP contribution in [0, 0.1) is 0 Å². The summed E-state index contributed by atoms with van der Waals surface area (Å²) in [5.41, 5.74) is 0.541. The molecule has 2 N–H and O–H groups in total. The lowest BCUT2D eigenvalue weighted by atomic mass is 10.0. The van der Waals surface area contributed by atoms with Gasteiger partial charge in [-0.15, -0.1) is 11.8 Å². The molecule has 1 unspecified atom stereocenters. The van der Waals surface area contributed by atoms with Crippen molar-refractivity contribution in [2.24, 2.45) is 7.05 Å². The van der Waals surface area contributed by atoms with Gasteiger partial charge in [-0.2, -0.15) is 0 Å². The Balaban J connectivity index is 1.80. The van der Waals surface area contributed by atoms with Crippen molar-refractivity contribution in [2.45, 2.75) is 18.3 Å². The summed E-state index contributed by atoms with van der Waals surface area (Å²) in [5, 5.41) is 11.5. The maximum Gasteiger partial charge on any atom is 0.352 e. The van der Waals surface area contributed by atoms with Crippen LogP contribution in [0.2, 0.25) is 0 Å². The summed E-state index contributed by atoms with van der Waals surface area (Å²) in [6.45, 7) is 0.986. The molecule has 2 atom stereocenters. The summed E-state index contributed by atoms with van der Waals surface area (Å²) in [5.74, 6) is -2.88. The van der Waals surface area contributed by atoms with E-state index in [0.717, 1.165) is 4.90 Å². The summed E-state index contributed by atoms with van der Waals surface area (Å²) >= 11 is 13.1. The maximum absolute atomic E-state index is 12.8. The van der Waals surface area contributed by atoms with Crippen molar-refractivity contribution in [3.63, 3.8) is 0 Å². The van der Waals surface area contributed by atoms with Crippen molar-refractivity contribution >= 4 is 64.3 Å². The van der Waals surface area contributed by atoms with E-state index in [2.05, 4.69) is 5.32 Å². The lowest BCUT2D eigenvalue weighted by Gasteiger charge is -2.49. The van der Waals surface area contributed by atoms with Gasteiger partial charge in [0.15, 0.2) is 0 Å². The molecular formula is C18H17Cl2N3O6S. The first-order valence-corrected chi connectivity index (χ1v) is 10.4. The number of carbonyl (C=O) groups is 4. The van der Waals surface area contributed by atoms with Gasteiger partial charge in [-0.3, -0.25) is 19.3 Å². The number of hydrogen-bond acceptors (Lipinski definition) is 6. The topological polar surface area (TPSA) is 118 Å². The number of esters is 1. The third-order valence-corrected chi connectivity index (χ3v) is 6.32. The van der Waals surface area contributed by atoms with E-state index in [9.17, 15) is 24.3 Å². The van der Waals surface area contributed by atoms with Gasteiger partial charge in [0.2, 0.25) is 0 Å². The Morgan fingerprint density at radius 3 is 2.60 bits per heavy atom. The average Bonchev–Trinajstić information content (AvgIpc) is 3.08. The zero-order chi connectivity index (χ0) is 22.2. The van der Waals surface area contributed by atoms with E-state index in [-0.39, 0.29) is 28.1 Å². The van der Waals surface area contributed by atoms with Crippen molar-refractivity contribution in [3.05, 3.63) is 39.8 Å². The number of aliphatic carboxylic acids is 1. The number of carbonyl (C=O) groups excluding carboxylic acids is 3. The third kappa shape index (κ3) is 4.07. The highest BCUT2D eigenvalue weighted by Crippen LogP contribution is 2.40. The zero-order valence-corrected chi connectivity index (χ0v) is 18.2. The first kappa shape index (κ1) is 22.3. The summed E-state index contributed by atoms with van der Waals surface area (Å²) in [4.78, 5) is 49.3. The third-order valence-electron chi connectivity index (χ3n) is 4.60. The molecule has 0 aliphatic carbocycles. The van der Waals surface area contributed by atoms with Gasteiger partial charge in [0.25, 0.3) is 11.8 Å². The van der Waals surface area contributed by atoms with Crippen molar-refractivity contribution in [1.29, 1.82) is 0 Å². The number of fused-ring (bicyclic) bond motifs is 1. The van der Waals surface area contributed by atoms with Crippen LogP contribution in [0.25, 0.3) is 5.57 Å². The van der Waals surface area contributed by atoms with Crippen molar-refractivity contribution in [2.75, 3.05) is 12.4 Å². The molecule has 0 saturated carbocycles. The van der Waals surface area contributed by atoms with Crippen molar-refractivity contribution in [1.82, 2.24) is 14.8 Å². The van der Waals surface area contributed by atoms with Crippen LogP contribution < -0.4 is 5.32 Å². The molecule has 160 valence electrons. The lowest BCUT2D eigenvalue weighted by molar-refractivity contribution is -0.150. The lowest BCUT2D eigenvalue weighted by Crippen LogP contribution is -2.70. The van der Waals surface area contributed by atoms with E-state index in [1.165, 1.54) is 18.7 Å². The second-order valence-corrected chi connectivity index (χ2v) is 8.59. The standard InChI is InChI=1S/C18H17Cl2N3O6S/c1-8(24)29-6-9-7-30-17-12(16(26)23(17)13(9)18(27)28)21-15(25)11(14(19)20)10-4-3-5-22(10)2/h3-5,12,17H,6-7H2,1-2H3,(H,21,25)(H,27,28)/t12?,17-/m1/s1. The quantitative estimate of drug-likeness (QED) is 0.364. The minimum Gasteiger partial charge on any atom is -0.477 e. The number of aryl methyl sites for hydroxylation is 1. The number of halogens is 2. The largest absolute Gasteiger partial charge is 0.477 e. The molecule has 2 aliphatic rings. The Hall–Kier alpha value is -2.43. The molecule has 0 aromatic carbocycles. The van der Waals surface area contributed by atoms with E-state index in [1.807, 2.05) is 0 Å². The Bertz CT molecular complexity index is 998. The molecule has 1 fully saturated rings. The summed E-state index contributed by atoms with van der Waals surface area (Å²) in [6.07, 6.45) is 1.71. The zero-order valence-electron chi connectivity index (χ0n) is 15.8. The summed E-state index contributed by atoms with van der Waals surface area (Å²) in [6, 6.07) is 2.41. The number of thioether (sulfide) groups is 1. The minimum atomic E-state index is -1.31. The normalized spacial score (nSPS) is 20.3. The molecule has 3 rings (SSSR count). The van der Waals surface area contributed by atoms with Crippen LogP contribution >= 0.6 is 35.0 Å². The highest BCUT2D eigenvalue weighted by Gasteiger charge is 2.54. The van der Waals surface area contributed by atoms with Gasteiger partial charge in [0.05, 0.1) is 11.3 Å². The molecular weight excluding hydrogens is 457 g/mol. The molecule has 1 aromatic heterocycles. The molecule has 1 aromatic rings. The molecule has 30 heavy (non-hydrogen) atoms. The predicted octanol–water partition coefficient (Wildman–Crippen LogP) is 1.47. The Morgan fingerprint density at radius 2 is 2.07 bits per heavy atom. The molecule has 2 amide bonds. The Morgan fingerprint density at radius 1 is 1.37 bits per heavy atom. The fourth-order valence-corrected chi connectivity index (χ4v) is 4.91. The molecule has 12 heteroatoms. The van der Waals surface area contributed by atoms with Gasteiger partial charge in [-0.1, -0.05) is 23.2 Å². The van der Waals surface area contributed by atoms with E-state index in [1.54, 1.807) is 29.9 Å². The number of ether oxygens (including phenoxy) is 1. The fraction of sp³-hybridized carbons (Fsp3) is 0.333. The Kier molecular flexibility index (Phi) is 6.49. The first-order chi connectivity index (χ1) is 14.1. The maximum atomic E-state index is 12.8. The van der Waals surface area contributed by atoms with Crippen LogP contribution in [-0.4, -0.2) is 62.1 Å². The highest BCUT2D eigenvalue weighted by atomic mass is 35.5. The summed E-state index contributed by atoms with van der Waals surface area (Å²) in [7, 11) is 1.71. The van der Waals surface area contributed by atoms with Crippen LogP contribution in [0.3, 0.4) is 0 Å². The monoisotopic (exact) mass is 473 g/mol. The van der Waals surface area contributed by atoms with Crippen LogP contribution in [0.15, 0.2) is 34.1 Å². The Labute approximate surface area is 185 Å². The number of hydrogen-bond donors (Lipinski definition) is 2. The predicted molar refractivity (Wildman–Crippen MR) is 110 cm³/mol. The fourth-order valence-electron chi connectivity index (χ4n) is 3.22. The molecule has 0 bridgehead atoms. The second kappa shape index (κ2) is 8.75. The molecule has 0 radical (unpaired) electrons. The number of nitrogens with zero attached hydrogens (tertiary/aromatic N) is 2. The summed E-state index contributed by atoms with van der Waals surface area (Å²) < 4.78 is 6.28. The molecule has 3 heterocycles.